The van der Waals surface area contributed by atoms with E-state index in [1.54, 1.807) is 6.07 Å². The number of hydrogen-bond acceptors (Lipinski definition) is 3. The highest BCUT2D eigenvalue weighted by Crippen LogP contribution is 2.29. The van der Waals surface area contributed by atoms with Crippen LogP contribution in [0.15, 0.2) is 18.2 Å². The molecule has 0 aromatic heterocycles. The van der Waals surface area contributed by atoms with Gasteiger partial charge in [0.2, 0.25) is 0 Å². The van der Waals surface area contributed by atoms with Crippen LogP contribution in [0.2, 0.25) is 0 Å². The standard InChI is InChI=1S/C14H21FN2O/c1-10-9-17(7-4-8-18-10)13-6-3-5-12(15)14(13)11(2)16/h3,5-6,10-11H,4,7-9,16H2,1-2H3/t10?,11-/m1/s1. The molecule has 2 N–H and O–H groups in total. The number of hydrogen-bond donors (Lipinski definition) is 1. The summed E-state index contributed by atoms with van der Waals surface area (Å²) >= 11 is 0. The van der Waals surface area contributed by atoms with Gasteiger partial charge in [-0.25, -0.2) is 4.39 Å². The zero-order chi connectivity index (χ0) is 13.1. The van der Waals surface area contributed by atoms with Gasteiger partial charge in [0.1, 0.15) is 5.82 Å². The van der Waals surface area contributed by atoms with Gasteiger partial charge in [0, 0.05) is 37.0 Å². The van der Waals surface area contributed by atoms with Crippen LogP contribution in [0.3, 0.4) is 0 Å². The number of halogens is 1. The summed E-state index contributed by atoms with van der Waals surface area (Å²) in [5.41, 5.74) is 7.41. The van der Waals surface area contributed by atoms with Crippen LogP contribution in [0.5, 0.6) is 0 Å². The quantitative estimate of drug-likeness (QED) is 0.878. The van der Waals surface area contributed by atoms with E-state index in [4.69, 9.17) is 10.5 Å². The zero-order valence-corrected chi connectivity index (χ0v) is 11.0. The lowest BCUT2D eigenvalue weighted by Gasteiger charge is -2.28. The number of benzene rings is 1. The molecule has 1 saturated heterocycles. The van der Waals surface area contributed by atoms with Gasteiger partial charge in [-0.15, -0.1) is 0 Å². The van der Waals surface area contributed by atoms with E-state index in [0.717, 1.165) is 31.8 Å². The molecule has 1 aliphatic heterocycles. The van der Waals surface area contributed by atoms with E-state index >= 15 is 0 Å². The largest absolute Gasteiger partial charge is 0.377 e. The van der Waals surface area contributed by atoms with Gasteiger partial charge in [0.15, 0.2) is 0 Å². The van der Waals surface area contributed by atoms with E-state index in [0.29, 0.717) is 5.56 Å². The average molecular weight is 252 g/mol. The molecule has 1 aliphatic rings. The fourth-order valence-electron chi connectivity index (χ4n) is 2.47. The van der Waals surface area contributed by atoms with Gasteiger partial charge < -0.3 is 15.4 Å². The van der Waals surface area contributed by atoms with Crippen molar-refractivity contribution in [3.05, 3.63) is 29.6 Å². The summed E-state index contributed by atoms with van der Waals surface area (Å²) in [6.07, 6.45) is 1.12. The first-order chi connectivity index (χ1) is 8.59. The van der Waals surface area contributed by atoms with Crippen molar-refractivity contribution < 1.29 is 9.13 Å². The van der Waals surface area contributed by atoms with Crippen LogP contribution in [0.1, 0.15) is 31.9 Å². The molecule has 2 rings (SSSR count). The smallest absolute Gasteiger partial charge is 0.130 e. The molecule has 0 aliphatic carbocycles. The Morgan fingerprint density at radius 1 is 1.50 bits per heavy atom. The minimum atomic E-state index is -0.305. The van der Waals surface area contributed by atoms with Crippen LogP contribution in [-0.4, -0.2) is 25.8 Å². The van der Waals surface area contributed by atoms with Gasteiger partial charge in [-0.2, -0.15) is 0 Å². The van der Waals surface area contributed by atoms with Crippen molar-refractivity contribution in [2.45, 2.75) is 32.4 Å². The fourth-order valence-corrected chi connectivity index (χ4v) is 2.47. The predicted molar refractivity (Wildman–Crippen MR) is 71.2 cm³/mol. The van der Waals surface area contributed by atoms with Crippen LogP contribution in [0.4, 0.5) is 10.1 Å². The third-order valence-corrected chi connectivity index (χ3v) is 3.28. The SMILES string of the molecule is CC1CN(c2cccc(F)c2[C@@H](C)N)CCCO1. The van der Waals surface area contributed by atoms with Crippen molar-refractivity contribution in [3.63, 3.8) is 0 Å². The molecule has 0 spiro atoms. The Hall–Kier alpha value is -1.13. The van der Waals surface area contributed by atoms with E-state index < -0.39 is 0 Å². The molecular weight excluding hydrogens is 231 g/mol. The molecule has 1 fully saturated rings. The first-order valence-electron chi connectivity index (χ1n) is 6.50. The third kappa shape index (κ3) is 2.82. The van der Waals surface area contributed by atoms with Crippen molar-refractivity contribution in [2.75, 3.05) is 24.6 Å². The first-order valence-corrected chi connectivity index (χ1v) is 6.50. The summed E-state index contributed by atoms with van der Waals surface area (Å²) in [6.45, 7) is 6.29. The lowest BCUT2D eigenvalue weighted by Crippen LogP contribution is -2.31. The molecule has 0 saturated carbocycles. The highest BCUT2D eigenvalue weighted by Gasteiger charge is 2.21. The summed E-state index contributed by atoms with van der Waals surface area (Å²) in [7, 11) is 0. The van der Waals surface area contributed by atoms with Gasteiger partial charge in [-0.3, -0.25) is 0 Å². The first kappa shape index (κ1) is 13.3. The summed E-state index contributed by atoms with van der Waals surface area (Å²) in [4.78, 5) is 2.18. The molecule has 1 unspecified atom stereocenters. The molecule has 1 aromatic carbocycles. The summed E-state index contributed by atoms with van der Waals surface area (Å²) in [5.74, 6) is -0.222. The van der Waals surface area contributed by atoms with E-state index in [-0.39, 0.29) is 18.0 Å². The Kier molecular flexibility index (Phi) is 4.19. The molecule has 2 atom stereocenters. The Morgan fingerprint density at radius 3 is 3.00 bits per heavy atom. The van der Waals surface area contributed by atoms with Gasteiger partial charge >= 0.3 is 0 Å². The molecule has 0 amide bonds. The topological polar surface area (TPSA) is 38.5 Å². The summed E-state index contributed by atoms with van der Waals surface area (Å²) in [5, 5.41) is 0. The maximum atomic E-state index is 13.9. The van der Waals surface area contributed by atoms with Crippen LogP contribution in [-0.2, 0) is 4.74 Å². The number of anilines is 1. The second-order valence-electron chi connectivity index (χ2n) is 4.94. The second kappa shape index (κ2) is 5.67. The predicted octanol–water partition coefficient (Wildman–Crippen LogP) is 2.46. The monoisotopic (exact) mass is 252 g/mol. The molecule has 1 aromatic rings. The van der Waals surface area contributed by atoms with E-state index in [1.165, 1.54) is 6.07 Å². The average Bonchev–Trinajstić information content (AvgIpc) is 2.53. The molecule has 1 heterocycles. The Labute approximate surface area is 108 Å². The highest BCUT2D eigenvalue weighted by atomic mass is 19.1. The molecule has 4 heteroatoms. The van der Waals surface area contributed by atoms with Crippen molar-refractivity contribution in [2.24, 2.45) is 5.73 Å². The minimum Gasteiger partial charge on any atom is -0.377 e. The number of rotatable bonds is 2. The summed E-state index contributed by atoms with van der Waals surface area (Å²) < 4.78 is 19.5. The van der Waals surface area contributed by atoms with Crippen LogP contribution in [0.25, 0.3) is 0 Å². The van der Waals surface area contributed by atoms with E-state index in [2.05, 4.69) is 4.90 Å². The maximum Gasteiger partial charge on any atom is 0.130 e. The van der Waals surface area contributed by atoms with Crippen molar-refractivity contribution in [3.8, 4) is 0 Å². The Balaban J connectivity index is 2.34. The lowest BCUT2D eigenvalue weighted by molar-refractivity contribution is 0.0820. The lowest BCUT2D eigenvalue weighted by atomic mass is 10.0. The highest BCUT2D eigenvalue weighted by molar-refractivity contribution is 5.55. The van der Waals surface area contributed by atoms with Gasteiger partial charge in [0.25, 0.3) is 0 Å². The molecule has 18 heavy (non-hydrogen) atoms. The Morgan fingerprint density at radius 2 is 2.28 bits per heavy atom. The molecule has 3 nitrogen and oxygen atoms in total. The Bertz CT molecular complexity index is 409. The van der Waals surface area contributed by atoms with Crippen LogP contribution in [0, 0.1) is 5.82 Å². The van der Waals surface area contributed by atoms with Gasteiger partial charge in [0.05, 0.1) is 6.10 Å². The molecule has 100 valence electrons. The van der Waals surface area contributed by atoms with Crippen LogP contribution >= 0.6 is 0 Å². The summed E-state index contributed by atoms with van der Waals surface area (Å²) in [6, 6.07) is 4.85. The number of ether oxygens (including phenoxy) is 1. The van der Waals surface area contributed by atoms with Crippen molar-refractivity contribution >= 4 is 5.69 Å². The van der Waals surface area contributed by atoms with E-state index in [1.807, 2.05) is 19.9 Å². The van der Waals surface area contributed by atoms with Crippen LogP contribution < -0.4 is 10.6 Å². The zero-order valence-electron chi connectivity index (χ0n) is 11.0. The third-order valence-electron chi connectivity index (χ3n) is 3.28. The second-order valence-corrected chi connectivity index (χ2v) is 4.94. The normalized spacial score (nSPS) is 22.7. The van der Waals surface area contributed by atoms with E-state index in [9.17, 15) is 4.39 Å². The number of nitrogens with zero attached hydrogens (tertiary/aromatic N) is 1. The van der Waals surface area contributed by atoms with Gasteiger partial charge in [-0.05, 0) is 32.4 Å². The molecule has 0 radical (unpaired) electrons. The van der Waals surface area contributed by atoms with Crippen molar-refractivity contribution in [1.82, 2.24) is 0 Å². The van der Waals surface area contributed by atoms with Gasteiger partial charge in [-0.1, -0.05) is 6.07 Å². The fraction of sp³-hybridized carbons (Fsp3) is 0.571. The maximum absolute atomic E-state index is 13.9. The minimum absolute atomic E-state index is 0.164. The number of nitrogens with two attached hydrogens (primary N) is 1. The molecule has 0 bridgehead atoms. The molecular formula is C14H21FN2O. The van der Waals surface area contributed by atoms with Crippen molar-refractivity contribution in [1.29, 1.82) is 0 Å².